The average molecular weight is 308 g/mol. The molecule has 2 rings (SSSR count). The van der Waals surface area contributed by atoms with Crippen molar-refractivity contribution in [2.75, 3.05) is 7.11 Å². The predicted molar refractivity (Wildman–Crippen MR) is 74.2 cm³/mol. The lowest BCUT2D eigenvalue weighted by Gasteiger charge is -2.12. The Kier molecular flexibility index (Phi) is 3.98. The fourth-order valence-electron chi connectivity index (χ4n) is 1.60. The maximum absolute atomic E-state index is 11.7. The first-order valence-corrected chi connectivity index (χ1v) is 6.06. The first-order chi connectivity index (χ1) is 9.93. The van der Waals surface area contributed by atoms with Crippen LogP contribution in [0.4, 0.5) is 5.69 Å². The molecule has 2 aromatic rings. The number of aromatic amines is 1. The van der Waals surface area contributed by atoms with Gasteiger partial charge in [0.2, 0.25) is 4.77 Å². The van der Waals surface area contributed by atoms with Crippen molar-refractivity contribution in [3.8, 4) is 11.5 Å². The zero-order chi connectivity index (χ0) is 15.6. The number of nitro groups is 1. The van der Waals surface area contributed by atoms with E-state index in [0.29, 0.717) is 11.4 Å². The van der Waals surface area contributed by atoms with Gasteiger partial charge in [-0.15, -0.1) is 0 Å². The average Bonchev–Trinajstić information content (AvgIpc) is 2.76. The van der Waals surface area contributed by atoms with Gasteiger partial charge < -0.3 is 9.84 Å². The van der Waals surface area contributed by atoms with Gasteiger partial charge >= 0.3 is 0 Å². The maximum Gasteiger partial charge on any atom is 0.266 e. The number of aromatic nitrogens is 3. The SMILES string of the molecule is COc1cc(/C=N\n2c(C)n[nH]c2=S)cc([N+](=O)[O-])c1[O-]. The molecule has 0 aliphatic rings. The van der Waals surface area contributed by atoms with Gasteiger partial charge in [0, 0.05) is 17.4 Å². The van der Waals surface area contributed by atoms with E-state index in [9.17, 15) is 15.2 Å². The van der Waals surface area contributed by atoms with Gasteiger partial charge in [-0.2, -0.15) is 14.9 Å². The van der Waals surface area contributed by atoms with E-state index in [1.165, 1.54) is 24.1 Å². The van der Waals surface area contributed by atoms with E-state index in [2.05, 4.69) is 15.3 Å². The van der Waals surface area contributed by atoms with E-state index < -0.39 is 16.4 Å². The van der Waals surface area contributed by atoms with Gasteiger partial charge in [-0.05, 0) is 25.2 Å². The van der Waals surface area contributed by atoms with Gasteiger partial charge in [0.25, 0.3) is 5.69 Å². The van der Waals surface area contributed by atoms with Crippen molar-refractivity contribution in [2.45, 2.75) is 6.92 Å². The quantitative estimate of drug-likeness (QED) is 0.391. The van der Waals surface area contributed by atoms with Gasteiger partial charge in [-0.1, -0.05) is 0 Å². The molecule has 1 aromatic heterocycles. The molecular formula is C11H10N5O4S-. The summed E-state index contributed by atoms with van der Waals surface area (Å²) in [4.78, 5) is 10.1. The largest absolute Gasteiger partial charge is 0.865 e. The minimum absolute atomic E-state index is 0.127. The normalized spacial score (nSPS) is 11.0. The number of nitro benzene ring substituents is 1. The Morgan fingerprint density at radius 1 is 1.57 bits per heavy atom. The van der Waals surface area contributed by atoms with Crippen molar-refractivity contribution in [1.29, 1.82) is 0 Å². The summed E-state index contributed by atoms with van der Waals surface area (Å²) >= 11 is 4.97. The van der Waals surface area contributed by atoms with Crippen LogP contribution in [-0.4, -0.2) is 33.1 Å². The molecule has 0 radical (unpaired) electrons. The lowest BCUT2D eigenvalue weighted by atomic mass is 10.2. The summed E-state index contributed by atoms with van der Waals surface area (Å²) in [5.74, 6) is -0.382. The van der Waals surface area contributed by atoms with Crippen LogP contribution < -0.4 is 9.84 Å². The molecule has 0 aliphatic heterocycles. The highest BCUT2D eigenvalue weighted by Gasteiger charge is 2.12. The maximum atomic E-state index is 11.7. The molecule has 9 nitrogen and oxygen atoms in total. The van der Waals surface area contributed by atoms with Crippen molar-refractivity contribution >= 4 is 24.1 Å². The van der Waals surface area contributed by atoms with E-state index >= 15 is 0 Å². The van der Waals surface area contributed by atoms with Crippen LogP contribution >= 0.6 is 12.2 Å². The lowest BCUT2D eigenvalue weighted by molar-refractivity contribution is -0.398. The number of hydrogen-bond acceptors (Lipinski definition) is 7. The van der Waals surface area contributed by atoms with Crippen LogP contribution in [0.2, 0.25) is 0 Å². The number of nitrogens with zero attached hydrogens (tertiary/aromatic N) is 4. The van der Waals surface area contributed by atoms with Crippen LogP contribution in [0.15, 0.2) is 17.2 Å². The number of rotatable bonds is 4. The van der Waals surface area contributed by atoms with Gasteiger partial charge in [0.1, 0.15) is 11.6 Å². The number of methoxy groups -OCH3 is 1. The molecule has 0 atom stereocenters. The Hall–Kier alpha value is -2.75. The summed E-state index contributed by atoms with van der Waals surface area (Å²) in [6.07, 6.45) is 1.33. The van der Waals surface area contributed by atoms with Crippen molar-refractivity contribution in [3.05, 3.63) is 38.4 Å². The van der Waals surface area contributed by atoms with Crippen LogP contribution in [0.1, 0.15) is 11.4 Å². The lowest BCUT2D eigenvalue weighted by Crippen LogP contribution is -2.02. The standard InChI is InChI=1S/C11H11N5O4S/c1-6-13-14-11(21)15(6)12-5-7-3-8(16(18)19)10(17)9(4-7)20-2/h3-5,17H,1-2H3,(H,14,21)/p-1/b12-5-. The van der Waals surface area contributed by atoms with Crippen LogP contribution in [0.25, 0.3) is 0 Å². The summed E-state index contributed by atoms with van der Waals surface area (Å²) in [7, 11) is 1.26. The topological polar surface area (TPSA) is 121 Å². The molecule has 0 bridgehead atoms. The Labute approximate surface area is 123 Å². The second-order valence-corrected chi connectivity index (χ2v) is 4.35. The molecule has 0 unspecified atom stereocenters. The first kappa shape index (κ1) is 14.7. The second kappa shape index (κ2) is 5.71. The third-order valence-electron chi connectivity index (χ3n) is 2.61. The fourth-order valence-corrected chi connectivity index (χ4v) is 1.83. The van der Waals surface area contributed by atoms with Crippen LogP contribution in [0.5, 0.6) is 11.5 Å². The molecular weight excluding hydrogens is 298 g/mol. The predicted octanol–water partition coefficient (Wildman–Crippen LogP) is 1.12. The van der Waals surface area contributed by atoms with Gasteiger partial charge in [0.15, 0.2) is 0 Å². The Morgan fingerprint density at radius 2 is 2.29 bits per heavy atom. The summed E-state index contributed by atoms with van der Waals surface area (Å²) in [5.41, 5.74) is -0.246. The molecule has 0 saturated heterocycles. The molecule has 110 valence electrons. The zero-order valence-electron chi connectivity index (χ0n) is 11.1. The van der Waals surface area contributed by atoms with Crippen LogP contribution in [0, 0.1) is 21.8 Å². The molecule has 1 heterocycles. The Bertz CT molecular complexity index is 779. The summed E-state index contributed by atoms with van der Waals surface area (Å²) in [5, 5.41) is 33.0. The molecule has 1 N–H and O–H groups in total. The van der Waals surface area contributed by atoms with Gasteiger partial charge in [-0.25, -0.2) is 0 Å². The third-order valence-corrected chi connectivity index (χ3v) is 2.87. The molecule has 0 fully saturated rings. The van der Waals surface area contributed by atoms with Crippen LogP contribution in [0.3, 0.4) is 0 Å². The molecule has 1 aromatic carbocycles. The first-order valence-electron chi connectivity index (χ1n) is 5.66. The minimum Gasteiger partial charge on any atom is -0.865 e. The molecule has 21 heavy (non-hydrogen) atoms. The van der Waals surface area contributed by atoms with Gasteiger partial charge in [0.05, 0.1) is 18.2 Å². The summed E-state index contributed by atoms with van der Waals surface area (Å²) in [6.45, 7) is 1.69. The van der Waals surface area contributed by atoms with Crippen molar-refractivity contribution in [3.63, 3.8) is 0 Å². The van der Waals surface area contributed by atoms with E-state index in [1.807, 2.05) is 0 Å². The van der Waals surface area contributed by atoms with E-state index in [1.54, 1.807) is 6.92 Å². The number of hydrogen-bond donors (Lipinski definition) is 1. The summed E-state index contributed by atoms with van der Waals surface area (Å²) < 4.78 is 6.47. The molecule has 0 saturated carbocycles. The number of ether oxygens (including phenoxy) is 1. The molecule has 0 amide bonds. The van der Waals surface area contributed by atoms with E-state index in [4.69, 9.17) is 17.0 Å². The Balaban J connectivity index is 2.48. The van der Waals surface area contributed by atoms with Crippen molar-refractivity contribution in [1.82, 2.24) is 14.9 Å². The van der Waals surface area contributed by atoms with Gasteiger partial charge in [-0.3, -0.25) is 15.2 Å². The minimum atomic E-state index is -0.782. The second-order valence-electron chi connectivity index (χ2n) is 3.96. The summed E-state index contributed by atoms with van der Waals surface area (Å²) in [6, 6.07) is 2.48. The molecule has 0 spiro atoms. The fraction of sp³-hybridized carbons (Fsp3) is 0.182. The number of H-pyrrole nitrogens is 1. The highest BCUT2D eigenvalue weighted by Crippen LogP contribution is 2.33. The number of benzene rings is 1. The van der Waals surface area contributed by atoms with Crippen molar-refractivity contribution < 1.29 is 14.8 Å². The third kappa shape index (κ3) is 2.89. The Morgan fingerprint density at radius 3 is 2.81 bits per heavy atom. The zero-order valence-corrected chi connectivity index (χ0v) is 11.9. The highest BCUT2D eigenvalue weighted by molar-refractivity contribution is 7.71. The van der Waals surface area contributed by atoms with E-state index in [0.717, 1.165) is 6.07 Å². The highest BCUT2D eigenvalue weighted by atomic mass is 32.1. The number of nitrogens with one attached hydrogen (secondary N) is 1. The van der Waals surface area contributed by atoms with E-state index in [-0.39, 0.29) is 10.5 Å². The molecule has 0 aliphatic carbocycles. The van der Waals surface area contributed by atoms with Crippen LogP contribution in [-0.2, 0) is 0 Å². The van der Waals surface area contributed by atoms with Crippen molar-refractivity contribution in [2.24, 2.45) is 5.10 Å². The smallest absolute Gasteiger partial charge is 0.266 e. The number of aryl methyl sites for hydroxylation is 1. The monoisotopic (exact) mass is 308 g/mol. The molecule has 10 heteroatoms.